The minimum Gasteiger partial charge on any atom is -0.308 e. The highest BCUT2D eigenvalue weighted by Crippen LogP contribution is 2.17. The highest BCUT2D eigenvalue weighted by molar-refractivity contribution is 6.14. The van der Waals surface area contributed by atoms with Gasteiger partial charge in [-0.15, -0.1) is 0 Å². The number of halogens is 1. The predicted molar refractivity (Wildman–Crippen MR) is 55.2 cm³/mol. The molecule has 0 radical (unpaired) electrons. The van der Waals surface area contributed by atoms with Gasteiger partial charge in [-0.25, -0.2) is 4.39 Å². The lowest BCUT2D eigenvalue weighted by Crippen LogP contribution is -2.34. The number of nitrogens with zero attached hydrogens (tertiary/aromatic N) is 1. The summed E-state index contributed by atoms with van der Waals surface area (Å²) in [6.07, 6.45) is 0. The number of carbonyl (C=O) groups excluding carboxylic acids is 1. The summed E-state index contributed by atoms with van der Waals surface area (Å²) in [5.74, 6) is 0.0646. The van der Waals surface area contributed by atoms with Gasteiger partial charge in [-0.3, -0.25) is 9.79 Å². The molecule has 3 nitrogen and oxygen atoms in total. The summed E-state index contributed by atoms with van der Waals surface area (Å²) in [6, 6.07) is 5.87. The number of hydrogen-bond acceptors (Lipinski definition) is 2. The van der Waals surface area contributed by atoms with E-state index in [0.717, 1.165) is 5.56 Å². The monoisotopic (exact) mass is 206 g/mol. The number of benzene rings is 1. The van der Waals surface area contributed by atoms with Crippen molar-refractivity contribution >= 4 is 11.7 Å². The standard InChI is InChI=1S/C11H11FN2O/c1-11(2)10(15)13-9(14-11)7-3-5-8(12)6-4-7/h3-6H,1-2H3,(H,13,14,15). The number of nitrogens with one attached hydrogen (secondary N) is 1. The summed E-state index contributed by atoms with van der Waals surface area (Å²) >= 11 is 0. The van der Waals surface area contributed by atoms with Crippen LogP contribution >= 0.6 is 0 Å². The second-order valence-corrected chi connectivity index (χ2v) is 3.98. The average Bonchev–Trinajstić information content (AvgIpc) is 2.42. The van der Waals surface area contributed by atoms with Crippen LogP contribution in [0, 0.1) is 5.82 Å². The first kappa shape index (κ1) is 9.83. The summed E-state index contributed by atoms with van der Waals surface area (Å²) in [4.78, 5) is 15.7. The number of amidine groups is 1. The second kappa shape index (κ2) is 3.15. The van der Waals surface area contributed by atoms with E-state index >= 15 is 0 Å². The molecule has 1 aliphatic heterocycles. The molecule has 15 heavy (non-hydrogen) atoms. The molecule has 0 bridgehead atoms. The molecule has 0 unspecified atom stereocenters. The van der Waals surface area contributed by atoms with Crippen molar-refractivity contribution < 1.29 is 9.18 Å². The maximum atomic E-state index is 12.7. The van der Waals surface area contributed by atoms with Crippen LogP contribution in [0.15, 0.2) is 29.3 Å². The van der Waals surface area contributed by atoms with Crippen LogP contribution < -0.4 is 5.32 Å². The Hall–Kier alpha value is -1.71. The molecule has 1 aromatic carbocycles. The van der Waals surface area contributed by atoms with Crippen molar-refractivity contribution in [1.82, 2.24) is 5.32 Å². The number of amides is 1. The number of hydrogen-bond donors (Lipinski definition) is 1. The third-order valence-electron chi connectivity index (χ3n) is 2.30. The quantitative estimate of drug-likeness (QED) is 0.743. The molecule has 0 aliphatic carbocycles. The van der Waals surface area contributed by atoms with Gasteiger partial charge < -0.3 is 5.32 Å². The number of carbonyl (C=O) groups is 1. The van der Waals surface area contributed by atoms with Gasteiger partial charge >= 0.3 is 0 Å². The van der Waals surface area contributed by atoms with Crippen LogP contribution in [0.1, 0.15) is 19.4 Å². The fourth-order valence-electron chi connectivity index (χ4n) is 1.36. The van der Waals surface area contributed by atoms with Gasteiger partial charge in [0, 0.05) is 5.56 Å². The highest BCUT2D eigenvalue weighted by Gasteiger charge is 2.34. The molecule has 1 heterocycles. The second-order valence-electron chi connectivity index (χ2n) is 3.98. The fourth-order valence-corrected chi connectivity index (χ4v) is 1.36. The van der Waals surface area contributed by atoms with Crippen molar-refractivity contribution in [1.29, 1.82) is 0 Å². The van der Waals surface area contributed by atoms with Gasteiger partial charge in [0.05, 0.1) is 0 Å². The van der Waals surface area contributed by atoms with Crippen molar-refractivity contribution in [2.75, 3.05) is 0 Å². The lowest BCUT2D eigenvalue weighted by molar-refractivity contribution is -0.122. The minimum absolute atomic E-state index is 0.137. The van der Waals surface area contributed by atoms with E-state index < -0.39 is 5.54 Å². The van der Waals surface area contributed by atoms with Gasteiger partial charge in [0.2, 0.25) is 0 Å². The highest BCUT2D eigenvalue weighted by atomic mass is 19.1. The molecule has 0 fully saturated rings. The first-order chi connectivity index (χ1) is 6.99. The molecule has 78 valence electrons. The van der Waals surface area contributed by atoms with Gasteiger partial charge in [0.1, 0.15) is 17.2 Å². The van der Waals surface area contributed by atoms with Crippen LogP contribution in [0.25, 0.3) is 0 Å². The number of rotatable bonds is 1. The third-order valence-corrected chi connectivity index (χ3v) is 2.30. The molecular weight excluding hydrogens is 195 g/mol. The predicted octanol–water partition coefficient (Wildman–Crippen LogP) is 1.48. The van der Waals surface area contributed by atoms with Gasteiger partial charge in [0.15, 0.2) is 0 Å². The first-order valence-corrected chi connectivity index (χ1v) is 4.66. The zero-order chi connectivity index (χ0) is 11.1. The molecule has 0 atom stereocenters. The van der Waals surface area contributed by atoms with Gasteiger partial charge in [-0.1, -0.05) is 0 Å². The summed E-state index contributed by atoms with van der Waals surface area (Å²) in [5.41, 5.74) is -0.0145. The van der Waals surface area contributed by atoms with Crippen LogP contribution in [0.3, 0.4) is 0 Å². The Morgan fingerprint density at radius 3 is 2.33 bits per heavy atom. The Labute approximate surface area is 87.0 Å². The first-order valence-electron chi connectivity index (χ1n) is 4.66. The fraction of sp³-hybridized carbons (Fsp3) is 0.273. The van der Waals surface area contributed by atoms with Gasteiger partial charge in [-0.2, -0.15) is 0 Å². The van der Waals surface area contributed by atoms with Crippen LogP contribution in [0.5, 0.6) is 0 Å². The number of aliphatic imine (C=N–C) groups is 1. The zero-order valence-electron chi connectivity index (χ0n) is 8.54. The normalized spacial score (nSPS) is 18.6. The van der Waals surface area contributed by atoms with Crippen molar-refractivity contribution in [2.24, 2.45) is 4.99 Å². The lowest BCUT2D eigenvalue weighted by atomic mass is 10.1. The third kappa shape index (κ3) is 1.75. The summed E-state index contributed by atoms with van der Waals surface area (Å²) in [6.45, 7) is 3.47. The molecule has 0 spiro atoms. The van der Waals surface area contributed by atoms with Crippen molar-refractivity contribution in [3.63, 3.8) is 0 Å². The van der Waals surface area contributed by atoms with E-state index in [-0.39, 0.29) is 11.7 Å². The van der Waals surface area contributed by atoms with E-state index in [2.05, 4.69) is 10.3 Å². The Morgan fingerprint density at radius 1 is 1.27 bits per heavy atom. The molecule has 0 saturated carbocycles. The van der Waals surface area contributed by atoms with Gasteiger partial charge in [-0.05, 0) is 38.1 Å². The lowest BCUT2D eigenvalue weighted by Gasteiger charge is -2.07. The van der Waals surface area contributed by atoms with Crippen LogP contribution in [-0.2, 0) is 4.79 Å². The Bertz CT molecular complexity index is 434. The zero-order valence-corrected chi connectivity index (χ0v) is 8.54. The van der Waals surface area contributed by atoms with E-state index in [9.17, 15) is 9.18 Å². The molecule has 2 rings (SSSR count). The molecule has 1 N–H and O–H groups in total. The Balaban J connectivity index is 2.35. The molecule has 0 aromatic heterocycles. The van der Waals surface area contributed by atoms with Gasteiger partial charge in [0.25, 0.3) is 5.91 Å². The molecular formula is C11H11FN2O. The van der Waals surface area contributed by atoms with E-state index in [0.29, 0.717) is 5.84 Å². The summed E-state index contributed by atoms with van der Waals surface area (Å²) in [7, 11) is 0. The summed E-state index contributed by atoms with van der Waals surface area (Å²) in [5, 5.41) is 2.67. The van der Waals surface area contributed by atoms with Crippen molar-refractivity contribution in [2.45, 2.75) is 19.4 Å². The summed E-state index contributed by atoms with van der Waals surface area (Å²) < 4.78 is 12.7. The molecule has 0 saturated heterocycles. The van der Waals surface area contributed by atoms with Crippen LogP contribution in [-0.4, -0.2) is 17.3 Å². The Kier molecular flexibility index (Phi) is 2.07. The minimum atomic E-state index is -0.732. The molecule has 4 heteroatoms. The van der Waals surface area contributed by atoms with Crippen molar-refractivity contribution in [3.8, 4) is 0 Å². The Morgan fingerprint density at radius 2 is 1.87 bits per heavy atom. The smallest absolute Gasteiger partial charge is 0.252 e. The van der Waals surface area contributed by atoms with E-state index in [1.54, 1.807) is 26.0 Å². The van der Waals surface area contributed by atoms with Crippen molar-refractivity contribution in [3.05, 3.63) is 35.6 Å². The van der Waals surface area contributed by atoms with Crippen LogP contribution in [0.4, 0.5) is 4.39 Å². The van der Waals surface area contributed by atoms with E-state index in [1.807, 2.05) is 0 Å². The SMILES string of the molecule is CC1(C)N=C(c2ccc(F)cc2)NC1=O. The van der Waals surface area contributed by atoms with Crippen LogP contribution in [0.2, 0.25) is 0 Å². The average molecular weight is 206 g/mol. The largest absolute Gasteiger partial charge is 0.308 e. The van der Waals surface area contributed by atoms with E-state index in [4.69, 9.17) is 0 Å². The molecule has 1 aliphatic rings. The molecule has 1 amide bonds. The topological polar surface area (TPSA) is 41.5 Å². The molecule has 1 aromatic rings. The van der Waals surface area contributed by atoms with E-state index in [1.165, 1.54) is 12.1 Å². The maximum absolute atomic E-state index is 12.7. The maximum Gasteiger partial charge on any atom is 0.252 e.